The summed E-state index contributed by atoms with van der Waals surface area (Å²) in [7, 11) is 0. The number of nitrogen functional groups attached to an aromatic ring is 1. The molecule has 2 aromatic rings. The highest BCUT2D eigenvalue weighted by Gasteiger charge is 2.26. The largest absolute Gasteiger partial charge is 0.494 e. The molecule has 1 aromatic heterocycles. The van der Waals surface area contributed by atoms with Gasteiger partial charge in [0.2, 0.25) is 0 Å². The molecule has 0 bridgehead atoms. The van der Waals surface area contributed by atoms with Crippen molar-refractivity contribution in [3.63, 3.8) is 0 Å². The van der Waals surface area contributed by atoms with Gasteiger partial charge >= 0.3 is 5.69 Å². The molecular weight excluding hydrogens is 408 g/mol. The highest BCUT2D eigenvalue weighted by atomic mass is 16.5. The monoisotopic (exact) mass is 444 g/mol. The van der Waals surface area contributed by atoms with E-state index in [9.17, 15) is 14.4 Å². The Morgan fingerprint density at radius 2 is 1.75 bits per heavy atom. The Kier molecular flexibility index (Phi) is 9.11. The van der Waals surface area contributed by atoms with Crippen LogP contribution in [0.2, 0.25) is 0 Å². The summed E-state index contributed by atoms with van der Waals surface area (Å²) in [6.07, 6.45) is 3.21. The minimum absolute atomic E-state index is 0.00247. The molecule has 0 radical (unpaired) electrons. The minimum Gasteiger partial charge on any atom is -0.494 e. The second-order valence-corrected chi connectivity index (χ2v) is 8.89. The molecule has 176 valence electrons. The van der Waals surface area contributed by atoms with Crippen LogP contribution < -0.4 is 26.6 Å². The van der Waals surface area contributed by atoms with Gasteiger partial charge in [-0.2, -0.15) is 0 Å². The Balaban J connectivity index is 2.39. The summed E-state index contributed by atoms with van der Waals surface area (Å²) < 4.78 is 7.03. The van der Waals surface area contributed by atoms with E-state index < -0.39 is 11.2 Å². The molecule has 8 heteroatoms. The van der Waals surface area contributed by atoms with E-state index in [-0.39, 0.29) is 35.8 Å². The third-order valence-electron chi connectivity index (χ3n) is 4.94. The van der Waals surface area contributed by atoms with Gasteiger partial charge in [0.05, 0.1) is 6.61 Å². The molecule has 8 nitrogen and oxygen atoms in total. The second-order valence-electron chi connectivity index (χ2n) is 8.89. The summed E-state index contributed by atoms with van der Waals surface area (Å²) in [5.41, 5.74) is 5.42. The first-order valence-corrected chi connectivity index (χ1v) is 11.3. The Morgan fingerprint density at radius 3 is 2.31 bits per heavy atom. The SMILES string of the molecule is CCCCCOc1ccc(C(=O)N(CC(C)C)c2c(N)n(CC(C)C)c(=O)[nH]c2=O)cc1. The third-order valence-corrected chi connectivity index (χ3v) is 4.94. The fourth-order valence-corrected chi connectivity index (χ4v) is 3.42. The topological polar surface area (TPSA) is 110 Å². The van der Waals surface area contributed by atoms with Crippen molar-refractivity contribution in [2.24, 2.45) is 11.8 Å². The molecule has 1 amide bonds. The van der Waals surface area contributed by atoms with Gasteiger partial charge in [0.15, 0.2) is 5.69 Å². The number of unbranched alkanes of at least 4 members (excludes halogenated alkanes) is 2. The number of carbonyl (C=O) groups is 1. The van der Waals surface area contributed by atoms with Crippen molar-refractivity contribution < 1.29 is 9.53 Å². The van der Waals surface area contributed by atoms with Crippen LogP contribution in [0.15, 0.2) is 33.9 Å². The number of aromatic nitrogens is 2. The van der Waals surface area contributed by atoms with Gasteiger partial charge < -0.3 is 15.4 Å². The fraction of sp³-hybridized carbons (Fsp3) is 0.542. The normalized spacial score (nSPS) is 11.2. The van der Waals surface area contributed by atoms with Crippen LogP contribution in [0, 0.1) is 11.8 Å². The number of H-pyrrole nitrogens is 1. The summed E-state index contributed by atoms with van der Waals surface area (Å²) in [6, 6.07) is 6.86. The van der Waals surface area contributed by atoms with Gasteiger partial charge in [-0.25, -0.2) is 4.79 Å². The highest BCUT2D eigenvalue weighted by molar-refractivity contribution is 6.07. The molecule has 1 heterocycles. The van der Waals surface area contributed by atoms with E-state index in [2.05, 4.69) is 11.9 Å². The molecule has 0 saturated carbocycles. The third kappa shape index (κ3) is 6.48. The van der Waals surface area contributed by atoms with Crippen molar-refractivity contribution in [3.8, 4) is 5.75 Å². The molecule has 0 fully saturated rings. The van der Waals surface area contributed by atoms with Crippen molar-refractivity contribution >= 4 is 17.4 Å². The number of anilines is 2. The zero-order chi connectivity index (χ0) is 23.8. The molecule has 0 aliphatic heterocycles. The van der Waals surface area contributed by atoms with Gasteiger partial charge in [0.1, 0.15) is 11.6 Å². The molecule has 0 aliphatic rings. The van der Waals surface area contributed by atoms with E-state index >= 15 is 0 Å². The molecule has 0 spiro atoms. The number of nitrogens with two attached hydrogens (primary N) is 1. The van der Waals surface area contributed by atoms with E-state index in [0.29, 0.717) is 24.5 Å². The maximum atomic E-state index is 13.4. The number of nitrogens with zero attached hydrogens (tertiary/aromatic N) is 2. The lowest BCUT2D eigenvalue weighted by atomic mass is 10.1. The summed E-state index contributed by atoms with van der Waals surface area (Å²) in [5.74, 6) is 0.536. The first-order chi connectivity index (χ1) is 15.1. The quantitative estimate of drug-likeness (QED) is 0.514. The minimum atomic E-state index is -0.669. The van der Waals surface area contributed by atoms with Crippen LogP contribution in [0.25, 0.3) is 0 Å². The maximum absolute atomic E-state index is 13.4. The first kappa shape index (κ1) is 25.2. The molecule has 1 aromatic carbocycles. The van der Waals surface area contributed by atoms with Crippen molar-refractivity contribution in [2.75, 3.05) is 23.8 Å². The predicted molar refractivity (Wildman–Crippen MR) is 129 cm³/mol. The number of amides is 1. The smallest absolute Gasteiger partial charge is 0.330 e. The number of nitrogens with one attached hydrogen (secondary N) is 1. The Hall–Kier alpha value is -3.03. The van der Waals surface area contributed by atoms with E-state index in [1.165, 1.54) is 9.47 Å². The molecule has 0 unspecified atom stereocenters. The van der Waals surface area contributed by atoms with E-state index in [0.717, 1.165) is 19.3 Å². The van der Waals surface area contributed by atoms with Crippen molar-refractivity contribution in [2.45, 2.75) is 60.4 Å². The Morgan fingerprint density at radius 1 is 1.09 bits per heavy atom. The second kappa shape index (κ2) is 11.5. The summed E-state index contributed by atoms with van der Waals surface area (Å²) in [4.78, 5) is 42.1. The summed E-state index contributed by atoms with van der Waals surface area (Å²) >= 11 is 0. The van der Waals surface area contributed by atoms with E-state index in [1.54, 1.807) is 24.3 Å². The highest BCUT2D eigenvalue weighted by Crippen LogP contribution is 2.22. The first-order valence-electron chi connectivity index (χ1n) is 11.3. The molecule has 0 atom stereocenters. The predicted octanol–water partition coefficient (Wildman–Crippen LogP) is 3.65. The van der Waals surface area contributed by atoms with Crippen molar-refractivity contribution in [1.82, 2.24) is 9.55 Å². The van der Waals surface area contributed by atoms with Crippen LogP contribution in [-0.2, 0) is 6.54 Å². The van der Waals surface area contributed by atoms with Gasteiger partial charge in [0.25, 0.3) is 11.5 Å². The van der Waals surface area contributed by atoms with Crippen LogP contribution in [-0.4, -0.2) is 28.6 Å². The molecule has 0 saturated heterocycles. The van der Waals surface area contributed by atoms with Gasteiger partial charge in [-0.15, -0.1) is 0 Å². The number of hydrogen-bond donors (Lipinski definition) is 2. The number of ether oxygens (including phenoxy) is 1. The van der Waals surface area contributed by atoms with Crippen molar-refractivity contribution in [3.05, 3.63) is 50.7 Å². The number of rotatable bonds is 11. The lowest BCUT2D eigenvalue weighted by Crippen LogP contribution is -2.43. The average Bonchev–Trinajstić information content (AvgIpc) is 2.73. The van der Waals surface area contributed by atoms with Gasteiger partial charge in [0, 0.05) is 18.7 Å². The molecule has 32 heavy (non-hydrogen) atoms. The number of benzene rings is 1. The number of hydrogen-bond acceptors (Lipinski definition) is 5. The Bertz CT molecular complexity index is 1010. The van der Waals surface area contributed by atoms with E-state index in [4.69, 9.17) is 10.5 Å². The van der Waals surface area contributed by atoms with Crippen LogP contribution in [0.3, 0.4) is 0 Å². The van der Waals surface area contributed by atoms with Crippen LogP contribution in [0.5, 0.6) is 5.75 Å². The standard InChI is InChI=1S/C24H36N4O4/c1-6-7-8-13-32-19-11-9-18(10-12-19)23(30)27(14-16(2)3)20-21(25)28(15-17(4)5)24(31)26-22(20)29/h9-12,16-17H,6-8,13-15,25H2,1-5H3,(H,26,29,31). The Labute approximate surface area is 189 Å². The molecular formula is C24H36N4O4. The molecule has 3 N–H and O–H groups in total. The van der Waals surface area contributed by atoms with Crippen molar-refractivity contribution in [1.29, 1.82) is 0 Å². The average molecular weight is 445 g/mol. The zero-order valence-corrected chi connectivity index (χ0v) is 19.8. The lowest BCUT2D eigenvalue weighted by Gasteiger charge is -2.26. The maximum Gasteiger partial charge on any atom is 0.330 e. The van der Waals surface area contributed by atoms with E-state index in [1.807, 2.05) is 27.7 Å². The zero-order valence-electron chi connectivity index (χ0n) is 19.8. The summed E-state index contributed by atoms with van der Waals surface area (Å²) in [6.45, 7) is 11.2. The number of aromatic amines is 1. The van der Waals surface area contributed by atoms with Crippen LogP contribution in [0.1, 0.15) is 64.2 Å². The van der Waals surface area contributed by atoms with Crippen LogP contribution in [0.4, 0.5) is 11.5 Å². The van der Waals surface area contributed by atoms with Crippen LogP contribution >= 0.6 is 0 Å². The fourth-order valence-electron chi connectivity index (χ4n) is 3.42. The molecule has 2 rings (SSSR count). The van der Waals surface area contributed by atoms with Gasteiger partial charge in [-0.05, 0) is 42.5 Å². The van der Waals surface area contributed by atoms with Gasteiger partial charge in [-0.1, -0.05) is 47.5 Å². The summed E-state index contributed by atoms with van der Waals surface area (Å²) in [5, 5.41) is 0. The lowest BCUT2D eigenvalue weighted by molar-refractivity contribution is 0.0983. The number of carbonyl (C=O) groups excluding carboxylic acids is 1. The van der Waals surface area contributed by atoms with Gasteiger partial charge in [-0.3, -0.25) is 19.1 Å². The molecule has 0 aliphatic carbocycles.